The van der Waals surface area contributed by atoms with E-state index in [1.165, 1.54) is 17.8 Å². The zero-order valence-electron chi connectivity index (χ0n) is 11.2. The van der Waals surface area contributed by atoms with Gasteiger partial charge in [0.1, 0.15) is 16.0 Å². The Bertz CT molecular complexity index is 719. The lowest BCUT2D eigenvalue weighted by Gasteiger charge is -2.08. The lowest BCUT2D eigenvalue weighted by Crippen LogP contribution is -1.99. The first-order valence-electron chi connectivity index (χ1n) is 6.51. The normalized spacial score (nSPS) is 14.2. The second kappa shape index (κ2) is 5.61. The third kappa shape index (κ3) is 3.01. The van der Waals surface area contributed by atoms with Gasteiger partial charge in [0.25, 0.3) is 5.69 Å². The Kier molecular flexibility index (Phi) is 3.82. The number of halogens is 1. The molecule has 0 unspecified atom stereocenters. The van der Waals surface area contributed by atoms with E-state index in [1.54, 1.807) is 18.2 Å². The molecule has 1 heterocycles. The molecule has 3 rings (SSSR count). The van der Waals surface area contributed by atoms with Crippen LogP contribution in [-0.4, -0.2) is 14.9 Å². The number of nitro groups is 1. The summed E-state index contributed by atoms with van der Waals surface area (Å²) >= 11 is 7.43. The van der Waals surface area contributed by atoms with Gasteiger partial charge in [-0.05, 0) is 25.8 Å². The van der Waals surface area contributed by atoms with E-state index in [4.69, 9.17) is 11.6 Å². The van der Waals surface area contributed by atoms with Crippen LogP contribution in [0.4, 0.5) is 5.69 Å². The van der Waals surface area contributed by atoms with Crippen LogP contribution in [0.5, 0.6) is 0 Å². The van der Waals surface area contributed by atoms with Gasteiger partial charge in [-0.3, -0.25) is 10.1 Å². The summed E-state index contributed by atoms with van der Waals surface area (Å²) < 4.78 is 0. The molecule has 1 aliphatic carbocycles. The van der Waals surface area contributed by atoms with Crippen molar-refractivity contribution in [1.29, 1.82) is 0 Å². The number of nitrogens with zero attached hydrogens (tertiary/aromatic N) is 3. The van der Waals surface area contributed by atoms with Gasteiger partial charge in [0, 0.05) is 17.5 Å². The number of rotatable bonds is 4. The highest BCUT2D eigenvalue weighted by molar-refractivity contribution is 7.99. The van der Waals surface area contributed by atoms with Gasteiger partial charge in [-0.25, -0.2) is 9.97 Å². The summed E-state index contributed by atoms with van der Waals surface area (Å²) in [5.74, 6) is 1.12. The summed E-state index contributed by atoms with van der Waals surface area (Å²) in [7, 11) is 0. The molecular formula is C14H12ClN3O2S. The minimum atomic E-state index is -0.387. The molecule has 0 aliphatic heterocycles. The predicted octanol–water partition coefficient (Wildman–Crippen LogP) is 4.38. The summed E-state index contributed by atoms with van der Waals surface area (Å²) in [5.41, 5.74) is 0.828. The van der Waals surface area contributed by atoms with Crippen molar-refractivity contribution in [2.45, 2.75) is 35.6 Å². The fraction of sp³-hybridized carbons (Fsp3) is 0.286. The van der Waals surface area contributed by atoms with Crippen LogP contribution in [0.2, 0.25) is 5.15 Å². The summed E-state index contributed by atoms with van der Waals surface area (Å²) in [6.07, 6.45) is 2.16. The number of hydrogen-bond donors (Lipinski definition) is 0. The van der Waals surface area contributed by atoms with Gasteiger partial charge in [0.15, 0.2) is 0 Å². The standard InChI is InChI=1S/C14H12ClN3O2S/c1-8-12(15)16-13(9-6-7-9)17-14(8)21-11-5-3-2-4-10(11)18(19)20/h2-5,9H,6-7H2,1H3. The summed E-state index contributed by atoms with van der Waals surface area (Å²) in [6, 6.07) is 6.63. The van der Waals surface area contributed by atoms with E-state index < -0.39 is 0 Å². The van der Waals surface area contributed by atoms with Crippen LogP contribution in [-0.2, 0) is 0 Å². The first-order chi connectivity index (χ1) is 10.1. The molecule has 0 atom stereocenters. The molecule has 7 heteroatoms. The van der Waals surface area contributed by atoms with E-state index in [2.05, 4.69) is 9.97 Å². The molecule has 1 aliphatic rings. The second-order valence-electron chi connectivity index (χ2n) is 4.90. The van der Waals surface area contributed by atoms with Gasteiger partial charge in [0.05, 0.1) is 9.82 Å². The van der Waals surface area contributed by atoms with Crippen LogP contribution in [0, 0.1) is 17.0 Å². The first kappa shape index (κ1) is 14.3. The molecule has 108 valence electrons. The van der Waals surface area contributed by atoms with Crippen molar-refractivity contribution < 1.29 is 4.92 Å². The predicted molar refractivity (Wildman–Crippen MR) is 81.0 cm³/mol. The van der Waals surface area contributed by atoms with Gasteiger partial charge < -0.3 is 0 Å². The molecule has 0 bridgehead atoms. The highest BCUT2D eigenvalue weighted by atomic mass is 35.5. The SMILES string of the molecule is Cc1c(Cl)nc(C2CC2)nc1Sc1ccccc1[N+](=O)[O-]. The molecule has 2 aromatic rings. The van der Waals surface area contributed by atoms with Gasteiger partial charge >= 0.3 is 0 Å². The van der Waals surface area contributed by atoms with E-state index in [1.807, 2.05) is 6.92 Å². The van der Waals surface area contributed by atoms with Gasteiger partial charge in [-0.15, -0.1) is 0 Å². The average Bonchev–Trinajstić information content (AvgIpc) is 3.28. The zero-order valence-corrected chi connectivity index (χ0v) is 12.8. The van der Waals surface area contributed by atoms with Crippen LogP contribution in [0.15, 0.2) is 34.2 Å². The van der Waals surface area contributed by atoms with Crippen LogP contribution >= 0.6 is 23.4 Å². The maximum atomic E-state index is 11.1. The molecular weight excluding hydrogens is 310 g/mol. The van der Waals surface area contributed by atoms with E-state index in [-0.39, 0.29) is 10.6 Å². The monoisotopic (exact) mass is 321 g/mol. The smallest absolute Gasteiger partial charge is 0.258 e. The fourth-order valence-corrected chi connectivity index (χ4v) is 3.13. The van der Waals surface area contributed by atoms with Crippen LogP contribution in [0.25, 0.3) is 0 Å². The average molecular weight is 322 g/mol. The molecule has 1 fully saturated rings. The topological polar surface area (TPSA) is 68.9 Å². The molecule has 0 amide bonds. The Hall–Kier alpha value is -1.66. The number of hydrogen-bond acceptors (Lipinski definition) is 5. The maximum absolute atomic E-state index is 11.1. The van der Waals surface area contributed by atoms with Crippen molar-refractivity contribution >= 4 is 29.1 Å². The maximum Gasteiger partial charge on any atom is 0.283 e. The third-order valence-corrected chi connectivity index (χ3v) is 4.79. The number of aromatic nitrogens is 2. The Morgan fingerprint density at radius 1 is 1.33 bits per heavy atom. The molecule has 1 saturated carbocycles. The van der Waals surface area contributed by atoms with Crippen LogP contribution in [0.3, 0.4) is 0 Å². The molecule has 1 aromatic carbocycles. The number of nitro benzene ring substituents is 1. The Labute approximate surface area is 130 Å². The quantitative estimate of drug-likeness (QED) is 0.475. The molecule has 21 heavy (non-hydrogen) atoms. The summed E-state index contributed by atoms with van der Waals surface area (Å²) in [5, 5.41) is 12.2. The highest BCUT2D eigenvalue weighted by Crippen LogP contribution is 2.41. The van der Waals surface area contributed by atoms with Gasteiger partial charge in [0.2, 0.25) is 0 Å². The fourth-order valence-electron chi connectivity index (χ4n) is 1.91. The van der Waals surface area contributed by atoms with E-state index >= 15 is 0 Å². The van der Waals surface area contributed by atoms with Crippen LogP contribution in [0.1, 0.15) is 30.1 Å². The van der Waals surface area contributed by atoms with Gasteiger partial charge in [-0.2, -0.15) is 0 Å². The van der Waals surface area contributed by atoms with Crippen molar-refractivity contribution in [2.75, 3.05) is 0 Å². The summed E-state index contributed by atoms with van der Waals surface area (Å²) in [4.78, 5) is 20.1. The molecule has 0 N–H and O–H groups in total. The Morgan fingerprint density at radius 2 is 2.05 bits per heavy atom. The zero-order chi connectivity index (χ0) is 15.0. The summed E-state index contributed by atoms with van der Waals surface area (Å²) in [6.45, 7) is 1.83. The minimum Gasteiger partial charge on any atom is -0.258 e. The molecule has 0 saturated heterocycles. The Morgan fingerprint density at radius 3 is 2.71 bits per heavy atom. The lowest BCUT2D eigenvalue weighted by molar-refractivity contribution is -0.387. The van der Waals surface area contributed by atoms with E-state index in [0.717, 1.165) is 24.2 Å². The second-order valence-corrected chi connectivity index (χ2v) is 6.29. The van der Waals surface area contributed by atoms with Crippen LogP contribution < -0.4 is 0 Å². The number of benzene rings is 1. The largest absolute Gasteiger partial charge is 0.283 e. The first-order valence-corrected chi connectivity index (χ1v) is 7.71. The molecule has 5 nitrogen and oxygen atoms in total. The molecule has 0 radical (unpaired) electrons. The highest BCUT2D eigenvalue weighted by Gasteiger charge is 2.28. The van der Waals surface area contributed by atoms with Gasteiger partial charge in [-0.1, -0.05) is 35.5 Å². The van der Waals surface area contributed by atoms with Crippen molar-refractivity contribution in [2.24, 2.45) is 0 Å². The minimum absolute atomic E-state index is 0.0737. The van der Waals surface area contributed by atoms with Crippen molar-refractivity contribution in [1.82, 2.24) is 9.97 Å². The third-order valence-electron chi connectivity index (χ3n) is 3.27. The van der Waals surface area contributed by atoms with Crippen molar-refractivity contribution in [3.8, 4) is 0 Å². The van der Waals surface area contributed by atoms with Crippen molar-refractivity contribution in [3.05, 3.63) is 50.9 Å². The molecule has 1 aromatic heterocycles. The van der Waals surface area contributed by atoms with Crippen molar-refractivity contribution in [3.63, 3.8) is 0 Å². The Balaban J connectivity index is 2.00. The number of para-hydroxylation sites is 1. The van der Waals surface area contributed by atoms with E-state index in [9.17, 15) is 10.1 Å². The lowest BCUT2D eigenvalue weighted by atomic mass is 10.3. The molecule has 0 spiro atoms. The van der Waals surface area contributed by atoms with E-state index in [0.29, 0.717) is 21.0 Å².